The predicted octanol–water partition coefficient (Wildman–Crippen LogP) is 7.26. The fourth-order valence-corrected chi connectivity index (χ4v) is 5.48. The van der Waals surface area contributed by atoms with Crippen molar-refractivity contribution >= 4 is 39.6 Å². The van der Waals surface area contributed by atoms with Gasteiger partial charge in [0, 0.05) is 23.6 Å². The highest BCUT2D eigenvalue weighted by Gasteiger charge is 2.26. The maximum Gasteiger partial charge on any atom is 0.355 e. The Kier molecular flexibility index (Phi) is 7.35. The van der Waals surface area contributed by atoms with Gasteiger partial charge >= 0.3 is 5.97 Å². The molecule has 7 nitrogen and oxygen atoms in total. The fourth-order valence-electron chi connectivity index (χ4n) is 4.96. The van der Waals surface area contributed by atoms with Crippen molar-refractivity contribution in [3.05, 3.63) is 108 Å². The summed E-state index contributed by atoms with van der Waals surface area (Å²) in [6.07, 6.45) is 0. The molecule has 206 valence electrons. The Morgan fingerprint density at radius 1 is 0.927 bits per heavy atom. The molecule has 0 saturated carbocycles. The molecule has 41 heavy (non-hydrogen) atoms. The number of hydrogen-bond acceptors (Lipinski definition) is 7. The quantitative estimate of drug-likeness (QED) is 0.171. The Balaban J connectivity index is 1.54. The zero-order valence-corrected chi connectivity index (χ0v) is 23.3. The van der Waals surface area contributed by atoms with E-state index in [0.29, 0.717) is 35.7 Å². The number of halogens is 1. The lowest BCUT2D eigenvalue weighted by Crippen LogP contribution is -2.14. The van der Waals surface area contributed by atoms with Crippen LogP contribution in [0.2, 0.25) is 0 Å². The molecule has 0 amide bonds. The summed E-state index contributed by atoms with van der Waals surface area (Å²) < 4.78 is 42.3. The van der Waals surface area contributed by atoms with Crippen molar-refractivity contribution in [1.29, 1.82) is 0 Å². The zero-order chi connectivity index (χ0) is 28.3. The molecule has 0 atom stereocenters. The lowest BCUT2D eigenvalue weighted by Gasteiger charge is -2.13. The summed E-state index contributed by atoms with van der Waals surface area (Å²) in [6.45, 7) is 2.69. The van der Waals surface area contributed by atoms with E-state index >= 15 is 0 Å². The van der Waals surface area contributed by atoms with E-state index in [2.05, 4.69) is 8.75 Å². The molecule has 2 heterocycles. The van der Waals surface area contributed by atoms with Crippen LogP contribution in [0, 0.1) is 5.82 Å². The molecule has 0 saturated heterocycles. The SMILES string of the molecule is CCOC(=O)c1c(-c2ccc(OC)c(F)c2)c2ccc(OCc3ccccc3)cc2n1Cc1ccc2nsnc2c1. The van der Waals surface area contributed by atoms with Crippen molar-refractivity contribution in [2.24, 2.45) is 0 Å². The first kappa shape index (κ1) is 26.5. The number of nitrogens with zero attached hydrogens (tertiary/aromatic N) is 3. The van der Waals surface area contributed by atoms with Gasteiger partial charge in [0.1, 0.15) is 29.1 Å². The minimum absolute atomic E-state index is 0.122. The van der Waals surface area contributed by atoms with Crippen LogP contribution < -0.4 is 9.47 Å². The van der Waals surface area contributed by atoms with Crippen LogP contribution in [0.25, 0.3) is 33.1 Å². The number of esters is 1. The molecule has 6 rings (SSSR count). The lowest BCUT2D eigenvalue weighted by molar-refractivity contribution is 0.0516. The number of rotatable bonds is 9. The van der Waals surface area contributed by atoms with Crippen LogP contribution in [-0.4, -0.2) is 33.0 Å². The summed E-state index contributed by atoms with van der Waals surface area (Å²) in [4.78, 5) is 13.6. The van der Waals surface area contributed by atoms with Crippen LogP contribution in [-0.2, 0) is 17.9 Å². The van der Waals surface area contributed by atoms with Crippen molar-refractivity contribution < 1.29 is 23.4 Å². The summed E-state index contributed by atoms with van der Waals surface area (Å²) in [5.74, 6) is -0.262. The molecule has 0 aliphatic carbocycles. The highest BCUT2D eigenvalue weighted by atomic mass is 32.1. The molecule has 6 aromatic rings. The third kappa shape index (κ3) is 5.24. The summed E-state index contributed by atoms with van der Waals surface area (Å²) in [5.41, 5.74) is 5.74. The van der Waals surface area contributed by atoms with Crippen LogP contribution in [0.15, 0.2) is 84.9 Å². The van der Waals surface area contributed by atoms with Gasteiger partial charge in [-0.3, -0.25) is 0 Å². The third-order valence-electron chi connectivity index (χ3n) is 6.85. The van der Waals surface area contributed by atoms with Crippen molar-refractivity contribution in [3.8, 4) is 22.6 Å². The Bertz CT molecular complexity index is 1870. The minimum Gasteiger partial charge on any atom is -0.494 e. The molecular formula is C32H26FN3O4S. The van der Waals surface area contributed by atoms with Gasteiger partial charge in [-0.05, 0) is 60.0 Å². The maximum absolute atomic E-state index is 14.9. The number of ether oxygens (including phenoxy) is 3. The van der Waals surface area contributed by atoms with Crippen molar-refractivity contribution in [3.63, 3.8) is 0 Å². The topological polar surface area (TPSA) is 75.5 Å². The van der Waals surface area contributed by atoms with Gasteiger partial charge in [-0.1, -0.05) is 42.5 Å². The first-order valence-electron chi connectivity index (χ1n) is 13.1. The molecule has 0 N–H and O–H groups in total. The molecule has 0 unspecified atom stereocenters. The van der Waals surface area contributed by atoms with E-state index in [1.54, 1.807) is 19.1 Å². The van der Waals surface area contributed by atoms with Gasteiger partial charge < -0.3 is 18.8 Å². The van der Waals surface area contributed by atoms with Crippen molar-refractivity contribution in [2.45, 2.75) is 20.1 Å². The molecule has 0 aliphatic heterocycles. The van der Waals surface area contributed by atoms with E-state index in [9.17, 15) is 9.18 Å². The first-order chi connectivity index (χ1) is 20.1. The van der Waals surface area contributed by atoms with Crippen molar-refractivity contribution in [1.82, 2.24) is 13.3 Å². The standard InChI is InChI=1S/C32H26FN3O4S/c1-3-39-32(37)31-30(22-10-14-29(38-2)25(33)16-22)24-12-11-23(40-19-20-7-5-4-6-8-20)17-28(24)36(31)18-21-9-13-26-27(15-21)35-41-34-26/h4-17H,3,18-19H2,1-2H3. The van der Waals surface area contributed by atoms with E-state index in [4.69, 9.17) is 14.2 Å². The summed E-state index contributed by atoms with van der Waals surface area (Å²) in [7, 11) is 1.42. The fraction of sp³-hybridized carbons (Fsp3) is 0.156. The predicted molar refractivity (Wildman–Crippen MR) is 157 cm³/mol. The van der Waals surface area contributed by atoms with Crippen molar-refractivity contribution in [2.75, 3.05) is 13.7 Å². The molecule has 2 aromatic heterocycles. The van der Waals surface area contributed by atoms with Crippen LogP contribution in [0.4, 0.5) is 4.39 Å². The largest absolute Gasteiger partial charge is 0.494 e. The van der Waals surface area contributed by atoms with Gasteiger partial charge in [0.05, 0.1) is 31.0 Å². The Hall–Kier alpha value is -4.76. The Labute approximate surface area is 240 Å². The van der Waals surface area contributed by atoms with Crippen LogP contribution in [0.3, 0.4) is 0 Å². The second-order valence-corrected chi connectivity index (χ2v) is 9.95. The molecule has 9 heteroatoms. The van der Waals surface area contributed by atoms with E-state index in [0.717, 1.165) is 44.8 Å². The maximum atomic E-state index is 14.9. The molecule has 4 aromatic carbocycles. The molecule has 0 bridgehead atoms. The second-order valence-electron chi connectivity index (χ2n) is 9.42. The molecular weight excluding hydrogens is 541 g/mol. The summed E-state index contributed by atoms with van der Waals surface area (Å²) >= 11 is 1.15. The zero-order valence-electron chi connectivity index (χ0n) is 22.5. The molecule has 0 aliphatic rings. The minimum atomic E-state index is -0.523. The summed E-state index contributed by atoms with van der Waals surface area (Å²) in [6, 6.07) is 26.1. The van der Waals surface area contributed by atoms with Crippen LogP contribution >= 0.6 is 11.7 Å². The number of benzene rings is 4. The van der Waals surface area contributed by atoms with E-state index in [1.165, 1.54) is 13.2 Å². The smallest absolute Gasteiger partial charge is 0.355 e. The monoisotopic (exact) mass is 567 g/mol. The van der Waals surface area contributed by atoms with Crippen LogP contribution in [0.1, 0.15) is 28.5 Å². The lowest BCUT2D eigenvalue weighted by atomic mass is 10.0. The highest BCUT2D eigenvalue weighted by Crippen LogP contribution is 2.39. The van der Waals surface area contributed by atoms with E-state index in [1.807, 2.05) is 71.3 Å². The molecule has 0 radical (unpaired) electrons. The van der Waals surface area contributed by atoms with Gasteiger partial charge in [0.15, 0.2) is 11.6 Å². The number of carbonyl (C=O) groups is 1. The van der Waals surface area contributed by atoms with Gasteiger partial charge in [-0.2, -0.15) is 8.75 Å². The summed E-state index contributed by atoms with van der Waals surface area (Å²) in [5, 5.41) is 0.765. The van der Waals surface area contributed by atoms with E-state index in [-0.39, 0.29) is 12.4 Å². The average molecular weight is 568 g/mol. The first-order valence-corrected chi connectivity index (χ1v) is 13.8. The van der Waals surface area contributed by atoms with Gasteiger partial charge in [0.25, 0.3) is 0 Å². The third-order valence-corrected chi connectivity index (χ3v) is 7.41. The Morgan fingerprint density at radius 3 is 2.54 bits per heavy atom. The number of aromatic nitrogens is 3. The van der Waals surface area contributed by atoms with E-state index < -0.39 is 11.8 Å². The molecule has 0 spiro atoms. The van der Waals surface area contributed by atoms with Gasteiger partial charge in [0.2, 0.25) is 0 Å². The second kappa shape index (κ2) is 11.4. The molecule has 0 fully saturated rings. The number of carbonyl (C=O) groups excluding carboxylic acids is 1. The average Bonchev–Trinajstić information content (AvgIpc) is 3.59. The van der Waals surface area contributed by atoms with Gasteiger partial charge in [-0.25, -0.2) is 9.18 Å². The highest BCUT2D eigenvalue weighted by molar-refractivity contribution is 7.00. The number of fused-ring (bicyclic) bond motifs is 2. The normalized spacial score (nSPS) is 11.2. The number of hydrogen-bond donors (Lipinski definition) is 0. The number of methoxy groups -OCH3 is 1. The van der Waals surface area contributed by atoms with Gasteiger partial charge in [-0.15, -0.1) is 0 Å². The van der Waals surface area contributed by atoms with Crippen LogP contribution in [0.5, 0.6) is 11.5 Å². The Morgan fingerprint density at radius 2 is 1.76 bits per heavy atom.